The summed E-state index contributed by atoms with van der Waals surface area (Å²) in [5.41, 5.74) is 2.73. The van der Waals surface area contributed by atoms with Crippen LogP contribution in [-0.4, -0.2) is 31.6 Å². The standard InChI is InChI=1S/C16H28N2/c1-4-5-6-11-17-12-13-18(3)14-16-9-7-15(2)8-10-16/h7-10,17H,4-6,11-14H2,1-3H3. The van der Waals surface area contributed by atoms with Gasteiger partial charge in [0.05, 0.1) is 0 Å². The van der Waals surface area contributed by atoms with Crippen molar-refractivity contribution in [1.29, 1.82) is 0 Å². The molecule has 0 saturated carbocycles. The summed E-state index contributed by atoms with van der Waals surface area (Å²) in [6.45, 7) is 8.78. The molecular weight excluding hydrogens is 220 g/mol. The van der Waals surface area contributed by atoms with Crippen LogP contribution in [0, 0.1) is 6.92 Å². The monoisotopic (exact) mass is 248 g/mol. The number of likely N-dealkylation sites (N-methyl/N-ethyl adjacent to an activating group) is 1. The molecule has 1 N–H and O–H groups in total. The predicted octanol–water partition coefficient (Wildman–Crippen LogP) is 3.21. The van der Waals surface area contributed by atoms with Gasteiger partial charge in [-0.1, -0.05) is 49.6 Å². The van der Waals surface area contributed by atoms with Crippen molar-refractivity contribution in [2.24, 2.45) is 0 Å². The molecule has 0 heterocycles. The molecule has 1 aromatic rings. The van der Waals surface area contributed by atoms with E-state index in [2.05, 4.69) is 55.4 Å². The minimum Gasteiger partial charge on any atom is -0.315 e. The first-order valence-electron chi connectivity index (χ1n) is 7.17. The van der Waals surface area contributed by atoms with Crippen LogP contribution in [0.3, 0.4) is 0 Å². The first-order valence-corrected chi connectivity index (χ1v) is 7.17. The van der Waals surface area contributed by atoms with E-state index in [0.29, 0.717) is 0 Å². The molecule has 0 atom stereocenters. The van der Waals surface area contributed by atoms with Gasteiger partial charge in [0.2, 0.25) is 0 Å². The first kappa shape index (κ1) is 15.2. The molecule has 0 aliphatic heterocycles. The van der Waals surface area contributed by atoms with Crippen LogP contribution in [0.15, 0.2) is 24.3 Å². The van der Waals surface area contributed by atoms with Crippen molar-refractivity contribution in [2.45, 2.75) is 39.7 Å². The quantitative estimate of drug-likeness (QED) is 0.675. The number of nitrogens with zero attached hydrogens (tertiary/aromatic N) is 1. The Kier molecular flexibility index (Phi) is 7.70. The predicted molar refractivity (Wildman–Crippen MR) is 79.9 cm³/mol. The van der Waals surface area contributed by atoms with Crippen molar-refractivity contribution >= 4 is 0 Å². The fraction of sp³-hybridized carbons (Fsp3) is 0.625. The molecule has 0 unspecified atom stereocenters. The van der Waals surface area contributed by atoms with E-state index < -0.39 is 0 Å². The molecule has 1 rings (SSSR count). The number of unbranched alkanes of at least 4 members (excludes halogenated alkanes) is 2. The third-order valence-corrected chi connectivity index (χ3v) is 3.20. The van der Waals surface area contributed by atoms with Gasteiger partial charge in [0.25, 0.3) is 0 Å². The van der Waals surface area contributed by atoms with Crippen molar-refractivity contribution < 1.29 is 0 Å². The van der Waals surface area contributed by atoms with Gasteiger partial charge in [-0.25, -0.2) is 0 Å². The van der Waals surface area contributed by atoms with E-state index in [1.165, 1.54) is 30.4 Å². The SMILES string of the molecule is CCCCCNCCN(C)Cc1ccc(C)cc1. The first-order chi connectivity index (χ1) is 8.72. The number of rotatable bonds is 9. The average molecular weight is 248 g/mol. The number of nitrogens with one attached hydrogen (secondary N) is 1. The maximum atomic E-state index is 3.50. The fourth-order valence-corrected chi connectivity index (χ4v) is 1.98. The molecular formula is C16H28N2. The Morgan fingerprint density at radius 3 is 2.44 bits per heavy atom. The molecule has 0 spiro atoms. The summed E-state index contributed by atoms with van der Waals surface area (Å²) in [4.78, 5) is 2.37. The van der Waals surface area contributed by atoms with E-state index in [1.54, 1.807) is 0 Å². The molecule has 0 aliphatic carbocycles. The van der Waals surface area contributed by atoms with Crippen LogP contribution >= 0.6 is 0 Å². The molecule has 0 radical (unpaired) electrons. The van der Waals surface area contributed by atoms with Crippen LogP contribution in [0.2, 0.25) is 0 Å². The number of benzene rings is 1. The lowest BCUT2D eigenvalue weighted by atomic mass is 10.1. The van der Waals surface area contributed by atoms with Crippen LogP contribution in [0.1, 0.15) is 37.3 Å². The van der Waals surface area contributed by atoms with Gasteiger partial charge in [-0.15, -0.1) is 0 Å². The Bertz CT molecular complexity index is 305. The van der Waals surface area contributed by atoms with Crippen LogP contribution in [0.25, 0.3) is 0 Å². The minimum absolute atomic E-state index is 1.04. The largest absolute Gasteiger partial charge is 0.315 e. The highest BCUT2D eigenvalue weighted by Gasteiger charge is 1.99. The van der Waals surface area contributed by atoms with Gasteiger partial charge in [-0.05, 0) is 32.5 Å². The number of hydrogen-bond donors (Lipinski definition) is 1. The van der Waals surface area contributed by atoms with E-state index in [0.717, 1.165) is 26.2 Å². The zero-order chi connectivity index (χ0) is 13.2. The molecule has 0 aromatic heterocycles. The zero-order valence-corrected chi connectivity index (χ0v) is 12.2. The smallest absolute Gasteiger partial charge is 0.0231 e. The van der Waals surface area contributed by atoms with E-state index >= 15 is 0 Å². The Balaban J connectivity index is 2.10. The van der Waals surface area contributed by atoms with Crippen molar-refractivity contribution in [2.75, 3.05) is 26.7 Å². The number of hydrogen-bond acceptors (Lipinski definition) is 2. The molecule has 0 aliphatic rings. The summed E-state index contributed by atoms with van der Waals surface area (Å²) >= 11 is 0. The molecule has 0 fully saturated rings. The molecule has 2 heteroatoms. The minimum atomic E-state index is 1.04. The molecule has 1 aromatic carbocycles. The van der Waals surface area contributed by atoms with E-state index in [-0.39, 0.29) is 0 Å². The van der Waals surface area contributed by atoms with E-state index in [9.17, 15) is 0 Å². The second-order valence-electron chi connectivity index (χ2n) is 5.18. The summed E-state index contributed by atoms with van der Waals surface area (Å²) in [5, 5.41) is 3.50. The summed E-state index contributed by atoms with van der Waals surface area (Å²) in [7, 11) is 2.19. The van der Waals surface area contributed by atoms with Gasteiger partial charge in [0, 0.05) is 19.6 Å². The van der Waals surface area contributed by atoms with Crippen LogP contribution in [-0.2, 0) is 6.54 Å². The zero-order valence-electron chi connectivity index (χ0n) is 12.2. The second kappa shape index (κ2) is 9.12. The topological polar surface area (TPSA) is 15.3 Å². The summed E-state index contributed by atoms with van der Waals surface area (Å²) in [6, 6.07) is 8.82. The third-order valence-electron chi connectivity index (χ3n) is 3.20. The van der Waals surface area contributed by atoms with Crippen LogP contribution in [0.5, 0.6) is 0 Å². The maximum absolute atomic E-state index is 3.50. The molecule has 18 heavy (non-hydrogen) atoms. The Morgan fingerprint density at radius 2 is 1.78 bits per heavy atom. The van der Waals surface area contributed by atoms with Gasteiger partial charge >= 0.3 is 0 Å². The Labute approximate surface area is 112 Å². The average Bonchev–Trinajstić information content (AvgIpc) is 2.36. The lowest BCUT2D eigenvalue weighted by molar-refractivity contribution is 0.324. The van der Waals surface area contributed by atoms with Crippen LogP contribution in [0.4, 0.5) is 0 Å². The lowest BCUT2D eigenvalue weighted by Gasteiger charge is -2.17. The molecule has 0 bridgehead atoms. The van der Waals surface area contributed by atoms with E-state index in [1.807, 2.05) is 0 Å². The normalized spacial score (nSPS) is 11.1. The molecule has 102 valence electrons. The Morgan fingerprint density at radius 1 is 1.06 bits per heavy atom. The number of aryl methyl sites for hydroxylation is 1. The summed E-state index contributed by atoms with van der Waals surface area (Å²) in [6.07, 6.45) is 3.94. The Hall–Kier alpha value is -0.860. The third kappa shape index (κ3) is 6.77. The fourth-order valence-electron chi connectivity index (χ4n) is 1.98. The second-order valence-corrected chi connectivity index (χ2v) is 5.18. The highest BCUT2D eigenvalue weighted by atomic mass is 15.1. The van der Waals surface area contributed by atoms with Crippen molar-refractivity contribution in [1.82, 2.24) is 10.2 Å². The van der Waals surface area contributed by atoms with Crippen LogP contribution < -0.4 is 5.32 Å². The summed E-state index contributed by atoms with van der Waals surface area (Å²) in [5.74, 6) is 0. The lowest BCUT2D eigenvalue weighted by Crippen LogP contribution is -2.29. The van der Waals surface area contributed by atoms with Gasteiger partial charge < -0.3 is 10.2 Å². The maximum Gasteiger partial charge on any atom is 0.0231 e. The summed E-state index contributed by atoms with van der Waals surface area (Å²) < 4.78 is 0. The highest BCUT2D eigenvalue weighted by molar-refractivity contribution is 5.21. The van der Waals surface area contributed by atoms with Crippen molar-refractivity contribution in [3.05, 3.63) is 35.4 Å². The van der Waals surface area contributed by atoms with Crippen molar-refractivity contribution in [3.63, 3.8) is 0 Å². The van der Waals surface area contributed by atoms with Gasteiger partial charge in [-0.2, -0.15) is 0 Å². The molecule has 2 nitrogen and oxygen atoms in total. The van der Waals surface area contributed by atoms with Gasteiger partial charge in [0.1, 0.15) is 0 Å². The molecule has 0 amide bonds. The molecule has 0 saturated heterocycles. The van der Waals surface area contributed by atoms with Gasteiger partial charge in [-0.3, -0.25) is 0 Å². The van der Waals surface area contributed by atoms with Crippen molar-refractivity contribution in [3.8, 4) is 0 Å². The van der Waals surface area contributed by atoms with E-state index in [4.69, 9.17) is 0 Å². The van der Waals surface area contributed by atoms with Gasteiger partial charge in [0.15, 0.2) is 0 Å². The highest BCUT2D eigenvalue weighted by Crippen LogP contribution is 2.05.